The van der Waals surface area contributed by atoms with Gasteiger partial charge in [-0.3, -0.25) is 4.79 Å². The van der Waals surface area contributed by atoms with Gasteiger partial charge < -0.3 is 14.8 Å². The summed E-state index contributed by atoms with van der Waals surface area (Å²) in [5.74, 6) is -1.37. The molecule has 2 aromatic carbocycles. The van der Waals surface area contributed by atoms with Gasteiger partial charge in [-0.05, 0) is 41.8 Å². The van der Waals surface area contributed by atoms with Crippen LogP contribution in [0.4, 0.5) is 8.78 Å². The second kappa shape index (κ2) is 9.06. The van der Waals surface area contributed by atoms with Crippen LogP contribution in [0.15, 0.2) is 55.0 Å². The lowest BCUT2D eigenvalue weighted by Gasteiger charge is -2.18. The average Bonchev–Trinajstić information content (AvgIpc) is 3.33. The van der Waals surface area contributed by atoms with Gasteiger partial charge in [0.05, 0.1) is 29.7 Å². The van der Waals surface area contributed by atoms with Gasteiger partial charge in [-0.1, -0.05) is 12.1 Å². The third kappa shape index (κ3) is 4.95. The molecule has 1 fully saturated rings. The van der Waals surface area contributed by atoms with Crippen LogP contribution < -0.4 is 5.32 Å². The van der Waals surface area contributed by atoms with Gasteiger partial charge in [-0.2, -0.15) is 5.26 Å². The Labute approximate surface area is 178 Å². The summed E-state index contributed by atoms with van der Waals surface area (Å²) in [6.07, 6.45) is 4.11. The van der Waals surface area contributed by atoms with Crippen LogP contribution in [0.25, 0.3) is 0 Å². The summed E-state index contributed by atoms with van der Waals surface area (Å²) in [4.78, 5) is 18.5. The number of aromatic nitrogens is 2. The number of halogens is 2. The highest BCUT2D eigenvalue weighted by Gasteiger charge is 2.31. The molecule has 8 heteroatoms. The van der Waals surface area contributed by atoms with E-state index in [9.17, 15) is 13.6 Å². The number of nitrogens with one attached hydrogen (secondary N) is 1. The van der Waals surface area contributed by atoms with Crippen molar-refractivity contribution in [2.24, 2.45) is 0 Å². The molecule has 1 aliphatic rings. The number of benzene rings is 2. The molecule has 4 rings (SSSR count). The van der Waals surface area contributed by atoms with Gasteiger partial charge in [0.1, 0.15) is 11.6 Å². The maximum Gasteiger partial charge on any atom is 0.240 e. The Kier molecular flexibility index (Phi) is 6.05. The number of carbonyl (C=O) groups is 1. The Bertz CT molecular complexity index is 1100. The van der Waals surface area contributed by atoms with E-state index in [0.29, 0.717) is 37.2 Å². The van der Waals surface area contributed by atoms with Gasteiger partial charge in [0.15, 0.2) is 0 Å². The van der Waals surface area contributed by atoms with E-state index in [1.165, 1.54) is 12.1 Å². The van der Waals surface area contributed by atoms with E-state index in [0.717, 1.165) is 17.3 Å². The monoisotopic (exact) mass is 421 g/mol. The first-order valence-corrected chi connectivity index (χ1v) is 9.97. The molecule has 1 amide bonds. The molecule has 0 saturated carbocycles. The highest BCUT2D eigenvalue weighted by atomic mass is 19.1. The van der Waals surface area contributed by atoms with Crippen molar-refractivity contribution in [3.63, 3.8) is 0 Å². The summed E-state index contributed by atoms with van der Waals surface area (Å²) in [5.41, 5.74) is 3.03. The van der Waals surface area contributed by atoms with Crippen LogP contribution >= 0.6 is 0 Å². The van der Waals surface area contributed by atoms with E-state index in [2.05, 4.69) is 16.4 Å². The molecule has 0 radical (unpaired) electrons. The molecule has 3 aromatic rings. The van der Waals surface area contributed by atoms with Crippen molar-refractivity contribution >= 4 is 5.91 Å². The Balaban J connectivity index is 1.34. The minimum absolute atomic E-state index is 0.0807. The normalized spacial score (nSPS) is 16.0. The molecule has 1 aliphatic heterocycles. The summed E-state index contributed by atoms with van der Waals surface area (Å²) >= 11 is 0. The quantitative estimate of drug-likeness (QED) is 0.637. The zero-order chi connectivity index (χ0) is 21.8. The maximum absolute atomic E-state index is 13.4. The lowest BCUT2D eigenvalue weighted by Crippen LogP contribution is -2.38. The smallest absolute Gasteiger partial charge is 0.240 e. The molecular formula is C23H21F2N5O. The minimum atomic E-state index is -0.646. The number of imidazole rings is 1. The number of amides is 1. The number of rotatable bonds is 7. The van der Waals surface area contributed by atoms with Gasteiger partial charge in [-0.25, -0.2) is 13.8 Å². The predicted octanol–water partition coefficient (Wildman–Crippen LogP) is 2.97. The Morgan fingerprint density at radius 2 is 1.84 bits per heavy atom. The topological polar surface area (TPSA) is 74.0 Å². The third-order valence-electron chi connectivity index (χ3n) is 5.36. The van der Waals surface area contributed by atoms with Crippen molar-refractivity contribution in [3.05, 3.63) is 89.0 Å². The van der Waals surface area contributed by atoms with Gasteiger partial charge >= 0.3 is 0 Å². The molecule has 6 nitrogen and oxygen atoms in total. The molecule has 0 bridgehead atoms. The Morgan fingerprint density at radius 1 is 1.10 bits per heavy atom. The number of nitriles is 1. The van der Waals surface area contributed by atoms with Crippen LogP contribution in [-0.4, -0.2) is 32.9 Å². The zero-order valence-corrected chi connectivity index (χ0v) is 16.8. The Hall–Kier alpha value is -3.57. The van der Waals surface area contributed by atoms with Crippen LogP contribution in [0.2, 0.25) is 0 Å². The predicted molar refractivity (Wildman–Crippen MR) is 110 cm³/mol. The second-order valence-corrected chi connectivity index (χ2v) is 7.58. The van der Waals surface area contributed by atoms with Crippen LogP contribution in [0, 0.1) is 23.0 Å². The molecule has 31 heavy (non-hydrogen) atoms. The van der Waals surface area contributed by atoms with Crippen molar-refractivity contribution in [3.8, 4) is 6.07 Å². The van der Waals surface area contributed by atoms with E-state index in [-0.39, 0.29) is 18.5 Å². The third-order valence-corrected chi connectivity index (χ3v) is 5.36. The highest BCUT2D eigenvalue weighted by Crippen LogP contribution is 2.18. The minimum Gasteiger partial charge on any atom is -0.337 e. The van der Waals surface area contributed by atoms with E-state index in [4.69, 9.17) is 5.26 Å². The van der Waals surface area contributed by atoms with Crippen molar-refractivity contribution in [1.82, 2.24) is 19.8 Å². The van der Waals surface area contributed by atoms with E-state index < -0.39 is 11.6 Å². The summed E-state index contributed by atoms with van der Waals surface area (Å²) < 4.78 is 28.8. The molecule has 1 N–H and O–H groups in total. The molecule has 0 spiro atoms. The standard InChI is InChI=1S/C23H21F2N5O/c24-19-7-18(8-20(25)9-19)14-29-6-5-22(23(29)31)28-12-21-11-27-15-30(21)13-17-3-1-16(10-26)2-4-17/h1-4,7-9,11,15,22,28H,5-6,12-14H2/t22-/m0/s1. The van der Waals surface area contributed by atoms with Gasteiger partial charge in [-0.15, -0.1) is 0 Å². The fourth-order valence-electron chi connectivity index (χ4n) is 3.75. The fraction of sp³-hybridized carbons (Fsp3) is 0.261. The Morgan fingerprint density at radius 3 is 2.55 bits per heavy atom. The molecule has 0 aliphatic carbocycles. The fourth-order valence-corrected chi connectivity index (χ4v) is 3.75. The molecule has 0 unspecified atom stereocenters. The summed E-state index contributed by atoms with van der Waals surface area (Å²) in [5, 5.41) is 12.2. The van der Waals surface area contributed by atoms with Crippen molar-refractivity contribution in [1.29, 1.82) is 5.26 Å². The lowest BCUT2D eigenvalue weighted by atomic mass is 10.1. The first-order valence-electron chi connectivity index (χ1n) is 9.97. The number of hydrogen-bond donors (Lipinski definition) is 1. The number of carbonyl (C=O) groups excluding carboxylic acids is 1. The van der Waals surface area contributed by atoms with Crippen LogP contribution in [0.3, 0.4) is 0 Å². The second-order valence-electron chi connectivity index (χ2n) is 7.58. The molecular weight excluding hydrogens is 400 g/mol. The summed E-state index contributed by atoms with van der Waals surface area (Å²) in [6.45, 7) is 1.79. The molecule has 158 valence electrons. The first-order chi connectivity index (χ1) is 15.0. The van der Waals surface area contributed by atoms with Gasteiger partial charge in [0.25, 0.3) is 0 Å². The van der Waals surface area contributed by atoms with Gasteiger partial charge in [0.2, 0.25) is 5.91 Å². The zero-order valence-electron chi connectivity index (χ0n) is 16.8. The first kappa shape index (κ1) is 20.7. The number of likely N-dealkylation sites (tertiary alicyclic amines) is 1. The van der Waals surface area contributed by atoms with Crippen LogP contribution in [0.5, 0.6) is 0 Å². The highest BCUT2D eigenvalue weighted by molar-refractivity contribution is 5.83. The van der Waals surface area contributed by atoms with E-state index in [1.807, 2.05) is 16.7 Å². The average molecular weight is 421 g/mol. The van der Waals surface area contributed by atoms with Crippen molar-refractivity contribution < 1.29 is 13.6 Å². The van der Waals surface area contributed by atoms with Crippen molar-refractivity contribution in [2.75, 3.05) is 6.54 Å². The summed E-state index contributed by atoms with van der Waals surface area (Å²) in [6, 6.07) is 12.4. The largest absolute Gasteiger partial charge is 0.337 e. The number of hydrogen-bond acceptors (Lipinski definition) is 4. The molecule has 1 atom stereocenters. The van der Waals surface area contributed by atoms with E-state index in [1.54, 1.807) is 29.6 Å². The van der Waals surface area contributed by atoms with Crippen molar-refractivity contribution in [2.45, 2.75) is 32.1 Å². The van der Waals surface area contributed by atoms with Gasteiger partial charge in [0, 0.05) is 38.4 Å². The van der Waals surface area contributed by atoms with Crippen LogP contribution in [-0.2, 0) is 24.4 Å². The summed E-state index contributed by atoms with van der Waals surface area (Å²) in [7, 11) is 0. The molecule has 1 aromatic heterocycles. The lowest BCUT2D eigenvalue weighted by molar-refractivity contribution is -0.130. The molecule has 1 saturated heterocycles. The van der Waals surface area contributed by atoms with Crippen LogP contribution in [0.1, 0.15) is 28.8 Å². The number of nitrogens with zero attached hydrogens (tertiary/aromatic N) is 4. The van der Waals surface area contributed by atoms with E-state index >= 15 is 0 Å². The molecule has 2 heterocycles. The maximum atomic E-state index is 13.4. The SMILES string of the molecule is N#Cc1ccc(Cn2cncc2CN[C@H]2CCN(Cc3cc(F)cc(F)c3)C2=O)cc1.